The van der Waals surface area contributed by atoms with Crippen molar-refractivity contribution < 1.29 is 9.15 Å². The highest BCUT2D eigenvalue weighted by Gasteiger charge is 2.16. The van der Waals surface area contributed by atoms with Gasteiger partial charge in [0.25, 0.3) is 5.56 Å². The van der Waals surface area contributed by atoms with Crippen LogP contribution in [-0.4, -0.2) is 31.0 Å². The average molecular weight is 524 g/mol. The monoisotopic (exact) mass is 523 g/mol. The summed E-state index contributed by atoms with van der Waals surface area (Å²) in [6, 6.07) is 19.5. The van der Waals surface area contributed by atoms with E-state index in [4.69, 9.17) is 14.3 Å². The Morgan fingerprint density at radius 3 is 2.63 bits per heavy atom. The number of nitrogens with zero attached hydrogens (tertiary/aromatic N) is 5. The molecule has 0 saturated heterocycles. The van der Waals surface area contributed by atoms with Gasteiger partial charge in [0.1, 0.15) is 11.4 Å². The number of hydrogen-bond donors (Lipinski definition) is 0. The number of fused-ring (bicyclic) bond motifs is 1. The lowest BCUT2D eigenvalue weighted by atomic mass is 10.0. The van der Waals surface area contributed by atoms with Gasteiger partial charge in [0.2, 0.25) is 10.8 Å². The van der Waals surface area contributed by atoms with Gasteiger partial charge in [-0.05, 0) is 66.9 Å². The molecule has 0 radical (unpaired) electrons. The number of hydrogen-bond acceptors (Lipinski definition) is 7. The third kappa shape index (κ3) is 4.52. The molecule has 8 nitrogen and oxygen atoms in total. The molecule has 0 fully saturated rings. The fourth-order valence-corrected chi connectivity index (χ4v) is 5.03. The Morgan fingerprint density at radius 2 is 1.92 bits per heavy atom. The van der Waals surface area contributed by atoms with Crippen LogP contribution in [0.5, 0.6) is 5.75 Å². The maximum Gasteiger partial charge on any atom is 0.291 e. The van der Waals surface area contributed by atoms with E-state index in [0.717, 1.165) is 33.8 Å². The Labute approximate surface area is 222 Å². The minimum Gasteiger partial charge on any atom is -0.493 e. The number of para-hydroxylation sites is 1. The van der Waals surface area contributed by atoms with Gasteiger partial charge in [-0.2, -0.15) is 14.6 Å². The van der Waals surface area contributed by atoms with Crippen LogP contribution >= 0.6 is 11.3 Å². The number of aromatic nitrogens is 5. The topological polar surface area (TPSA) is 87.5 Å². The molecule has 6 aromatic rings. The van der Waals surface area contributed by atoms with E-state index in [1.807, 2.05) is 66.3 Å². The Balaban J connectivity index is 1.45. The van der Waals surface area contributed by atoms with Crippen LogP contribution in [0.4, 0.5) is 0 Å². The maximum atomic E-state index is 13.2. The van der Waals surface area contributed by atoms with Crippen LogP contribution in [0, 0.1) is 12.8 Å². The van der Waals surface area contributed by atoms with Crippen molar-refractivity contribution in [2.24, 2.45) is 5.92 Å². The zero-order valence-electron chi connectivity index (χ0n) is 21.2. The van der Waals surface area contributed by atoms with Gasteiger partial charge in [-0.1, -0.05) is 43.4 Å². The molecule has 0 atom stereocenters. The van der Waals surface area contributed by atoms with Gasteiger partial charge in [-0.25, -0.2) is 4.68 Å². The van der Waals surface area contributed by atoms with E-state index in [1.54, 1.807) is 18.4 Å². The predicted octanol–water partition coefficient (Wildman–Crippen LogP) is 5.15. The molecule has 0 spiro atoms. The second-order valence-electron chi connectivity index (χ2n) is 9.42. The largest absolute Gasteiger partial charge is 0.493 e. The van der Waals surface area contributed by atoms with E-state index in [-0.39, 0.29) is 5.56 Å². The highest BCUT2D eigenvalue weighted by Crippen LogP contribution is 2.29. The summed E-state index contributed by atoms with van der Waals surface area (Å²) in [6.45, 7) is 6.94. The molecule has 4 heterocycles. The van der Waals surface area contributed by atoms with Crippen LogP contribution in [0.1, 0.15) is 25.0 Å². The Bertz CT molecular complexity index is 1830. The van der Waals surface area contributed by atoms with Gasteiger partial charge >= 0.3 is 0 Å². The van der Waals surface area contributed by atoms with Crippen molar-refractivity contribution in [1.29, 1.82) is 0 Å². The van der Waals surface area contributed by atoms with Crippen molar-refractivity contribution in [3.8, 4) is 34.3 Å². The molecule has 2 aromatic carbocycles. The number of thiazole rings is 1. The zero-order valence-corrected chi connectivity index (χ0v) is 22.0. The zero-order chi connectivity index (χ0) is 26.2. The van der Waals surface area contributed by atoms with E-state index < -0.39 is 0 Å². The van der Waals surface area contributed by atoms with E-state index in [1.165, 1.54) is 15.9 Å². The Hall–Kier alpha value is -4.50. The molecule has 190 valence electrons. The van der Waals surface area contributed by atoms with Gasteiger partial charge in [-0.15, -0.1) is 5.10 Å². The molecule has 0 aliphatic rings. The first-order valence-electron chi connectivity index (χ1n) is 12.3. The summed E-state index contributed by atoms with van der Waals surface area (Å²) in [5.74, 6) is 2.20. The number of benzene rings is 2. The van der Waals surface area contributed by atoms with E-state index >= 15 is 0 Å². The lowest BCUT2D eigenvalue weighted by Crippen LogP contribution is -2.23. The third-order valence-electron chi connectivity index (χ3n) is 5.99. The predicted molar refractivity (Wildman–Crippen MR) is 148 cm³/mol. The summed E-state index contributed by atoms with van der Waals surface area (Å²) >= 11 is 1.28. The standard InChI is InChI=1S/C29H25N5O3S/c1-18(2)17-37-23-12-11-20(14-19(23)3)26-21(16-33(31-26)22-8-5-4-6-9-22)15-25-28(35)34-29(38-25)30-27(32-34)24-10-7-13-36-24/h4-16,18H,17H2,1-3H3/b25-15-. The van der Waals surface area contributed by atoms with Crippen molar-refractivity contribution in [3.05, 3.63) is 99.1 Å². The summed E-state index contributed by atoms with van der Waals surface area (Å²) < 4.78 is 15.0. The number of furan rings is 1. The normalized spacial score (nSPS) is 12.2. The fourth-order valence-electron chi connectivity index (χ4n) is 4.13. The first-order valence-corrected chi connectivity index (χ1v) is 13.1. The molecule has 38 heavy (non-hydrogen) atoms. The smallest absolute Gasteiger partial charge is 0.291 e. The first kappa shape index (κ1) is 23.9. The maximum absolute atomic E-state index is 13.2. The van der Waals surface area contributed by atoms with Crippen LogP contribution in [-0.2, 0) is 0 Å². The molecule has 9 heteroatoms. The minimum atomic E-state index is -0.234. The Kier molecular flexibility index (Phi) is 6.13. The molecule has 0 saturated carbocycles. The molecule has 4 aromatic heterocycles. The number of aryl methyl sites for hydroxylation is 1. The SMILES string of the molecule is Cc1cc(-c2nn(-c3ccccc3)cc2/C=c2\sc3nc(-c4ccco4)nn3c2=O)ccc1OCC(C)C. The lowest BCUT2D eigenvalue weighted by molar-refractivity contribution is 0.269. The molecule has 0 aliphatic carbocycles. The van der Waals surface area contributed by atoms with Crippen molar-refractivity contribution in [2.45, 2.75) is 20.8 Å². The first-order chi connectivity index (χ1) is 18.5. The minimum absolute atomic E-state index is 0.234. The number of rotatable bonds is 7. The van der Waals surface area contributed by atoms with Crippen molar-refractivity contribution in [1.82, 2.24) is 24.4 Å². The van der Waals surface area contributed by atoms with Crippen LogP contribution in [0.3, 0.4) is 0 Å². The van der Waals surface area contributed by atoms with Crippen molar-refractivity contribution >= 4 is 22.4 Å². The second kappa shape index (κ2) is 9.75. The summed E-state index contributed by atoms with van der Waals surface area (Å²) in [5.41, 5.74) is 4.24. The van der Waals surface area contributed by atoms with Crippen LogP contribution in [0.25, 0.3) is 39.6 Å². The second-order valence-corrected chi connectivity index (χ2v) is 10.4. The molecule has 0 amide bonds. The molecular formula is C29H25N5O3S. The number of ether oxygens (including phenoxy) is 1. The molecule has 0 N–H and O–H groups in total. The van der Waals surface area contributed by atoms with Gasteiger partial charge < -0.3 is 9.15 Å². The highest BCUT2D eigenvalue weighted by molar-refractivity contribution is 7.15. The third-order valence-corrected chi connectivity index (χ3v) is 6.95. The molecule has 0 bridgehead atoms. The molecule has 6 rings (SSSR count). The summed E-state index contributed by atoms with van der Waals surface area (Å²) in [7, 11) is 0. The summed E-state index contributed by atoms with van der Waals surface area (Å²) in [6.07, 6.45) is 5.35. The van der Waals surface area contributed by atoms with Crippen LogP contribution in [0.2, 0.25) is 0 Å². The van der Waals surface area contributed by atoms with Gasteiger partial charge in [0.15, 0.2) is 5.76 Å². The molecular weight excluding hydrogens is 498 g/mol. The summed E-state index contributed by atoms with van der Waals surface area (Å²) in [5, 5.41) is 9.26. The van der Waals surface area contributed by atoms with Gasteiger partial charge in [0, 0.05) is 17.3 Å². The van der Waals surface area contributed by atoms with Crippen molar-refractivity contribution in [2.75, 3.05) is 6.61 Å². The Morgan fingerprint density at radius 1 is 1.08 bits per heavy atom. The van der Waals surface area contributed by atoms with Crippen molar-refractivity contribution in [3.63, 3.8) is 0 Å². The summed E-state index contributed by atoms with van der Waals surface area (Å²) in [4.78, 5) is 18.2. The van der Waals surface area contributed by atoms with Gasteiger partial charge in [0.05, 0.1) is 23.1 Å². The average Bonchev–Trinajstić information content (AvgIpc) is 3.70. The van der Waals surface area contributed by atoms with Crippen LogP contribution in [0.15, 0.2) is 82.3 Å². The molecule has 0 aliphatic heterocycles. The van der Waals surface area contributed by atoms with E-state index in [2.05, 4.69) is 30.0 Å². The van der Waals surface area contributed by atoms with E-state index in [0.29, 0.717) is 33.6 Å². The fraction of sp³-hybridized carbons (Fsp3) is 0.172. The highest BCUT2D eigenvalue weighted by atomic mass is 32.1. The quantitative estimate of drug-likeness (QED) is 0.287. The lowest BCUT2D eigenvalue weighted by Gasteiger charge is -2.12. The van der Waals surface area contributed by atoms with E-state index in [9.17, 15) is 4.79 Å². The van der Waals surface area contributed by atoms with Gasteiger partial charge in [-0.3, -0.25) is 4.79 Å². The van der Waals surface area contributed by atoms with Crippen LogP contribution < -0.4 is 14.8 Å². The molecule has 0 unspecified atom stereocenters.